The number of nitrogens with zero attached hydrogens (tertiary/aromatic N) is 1. The fourth-order valence-electron chi connectivity index (χ4n) is 1.77. The highest BCUT2D eigenvalue weighted by molar-refractivity contribution is 8.00. The molecule has 0 radical (unpaired) electrons. The van der Waals surface area contributed by atoms with E-state index in [1.54, 1.807) is 0 Å². The Hall–Kier alpha value is -1.49. The van der Waals surface area contributed by atoms with Crippen LogP contribution in [-0.4, -0.2) is 77.2 Å². The average Bonchev–Trinajstić information content (AvgIpc) is 2.36. The molecule has 0 spiro atoms. The lowest BCUT2D eigenvalue weighted by molar-refractivity contribution is -0.145. The van der Waals surface area contributed by atoms with Gasteiger partial charge in [0.25, 0.3) is 0 Å². The first kappa shape index (κ1) is 17.6. The van der Waals surface area contributed by atoms with Crippen LogP contribution in [0.15, 0.2) is 0 Å². The fourth-order valence-corrected chi connectivity index (χ4v) is 4.59. The molecule has 2 amide bonds. The first-order valence-corrected chi connectivity index (χ1v) is 9.02. The molecule has 9 nitrogen and oxygen atoms in total. The molecule has 0 saturated carbocycles. The van der Waals surface area contributed by atoms with Gasteiger partial charge in [-0.15, -0.1) is 0 Å². The van der Waals surface area contributed by atoms with E-state index in [0.717, 1.165) is 11.2 Å². The lowest BCUT2D eigenvalue weighted by Gasteiger charge is -2.34. The van der Waals surface area contributed by atoms with E-state index in [1.807, 2.05) is 0 Å². The highest BCUT2D eigenvalue weighted by Crippen LogP contribution is 2.20. The minimum atomic E-state index is -3.52. The van der Waals surface area contributed by atoms with Crippen molar-refractivity contribution in [3.63, 3.8) is 0 Å². The van der Waals surface area contributed by atoms with Gasteiger partial charge in [0.05, 0.1) is 6.42 Å². The van der Waals surface area contributed by atoms with E-state index in [0.29, 0.717) is 5.75 Å². The fraction of sp³-hybridized carbons (Fsp3) is 0.700. The standard InChI is InChI=1S/C10H16N2O7S2/c1-21(18,19)7-5-20-3-2-12(7)10(17)11-6(9(15)16)4-8(13)14/h6-7H,2-5H2,1H3,(H,11,17)(H,13,14)(H,15,16)/t6-,7?/m1/s1. The molecule has 1 heterocycles. The minimum absolute atomic E-state index is 0.146. The van der Waals surface area contributed by atoms with Gasteiger partial charge >= 0.3 is 18.0 Å². The van der Waals surface area contributed by atoms with E-state index < -0.39 is 45.6 Å². The van der Waals surface area contributed by atoms with Crippen LogP contribution in [0.3, 0.4) is 0 Å². The predicted molar refractivity (Wildman–Crippen MR) is 74.9 cm³/mol. The summed E-state index contributed by atoms with van der Waals surface area (Å²) in [7, 11) is -3.52. The highest BCUT2D eigenvalue weighted by Gasteiger charge is 2.36. The number of carboxylic acids is 2. The number of aliphatic carboxylic acids is 2. The monoisotopic (exact) mass is 340 g/mol. The molecule has 1 saturated heterocycles. The number of nitrogens with one attached hydrogen (secondary N) is 1. The Bertz CT molecular complexity index is 534. The lowest BCUT2D eigenvalue weighted by atomic mass is 10.2. The Morgan fingerprint density at radius 2 is 2.00 bits per heavy atom. The number of thioether (sulfide) groups is 1. The molecular formula is C10H16N2O7S2. The Labute approximate surface area is 125 Å². The van der Waals surface area contributed by atoms with Crippen molar-refractivity contribution in [3.05, 3.63) is 0 Å². The van der Waals surface area contributed by atoms with E-state index in [9.17, 15) is 22.8 Å². The molecule has 2 atom stereocenters. The second-order valence-corrected chi connectivity index (χ2v) is 7.84. The molecule has 1 unspecified atom stereocenters. The topological polar surface area (TPSA) is 141 Å². The number of hydrogen-bond acceptors (Lipinski definition) is 6. The van der Waals surface area contributed by atoms with Crippen LogP contribution in [0.25, 0.3) is 0 Å². The van der Waals surface area contributed by atoms with Gasteiger partial charge in [-0.1, -0.05) is 0 Å². The number of rotatable bonds is 5. The Morgan fingerprint density at radius 1 is 1.38 bits per heavy atom. The molecule has 0 aromatic heterocycles. The number of carbonyl (C=O) groups excluding carboxylic acids is 1. The van der Waals surface area contributed by atoms with Crippen molar-refractivity contribution in [2.24, 2.45) is 0 Å². The van der Waals surface area contributed by atoms with Crippen molar-refractivity contribution in [1.29, 1.82) is 0 Å². The molecule has 0 aliphatic carbocycles. The maximum atomic E-state index is 12.0. The van der Waals surface area contributed by atoms with Crippen molar-refractivity contribution in [2.45, 2.75) is 17.8 Å². The Kier molecular flexibility index (Phi) is 5.84. The second kappa shape index (κ2) is 6.98. The number of amides is 2. The van der Waals surface area contributed by atoms with Crippen LogP contribution in [-0.2, 0) is 19.4 Å². The third-order valence-electron chi connectivity index (χ3n) is 2.81. The van der Waals surface area contributed by atoms with Crippen molar-refractivity contribution in [1.82, 2.24) is 10.2 Å². The first-order chi connectivity index (χ1) is 9.62. The van der Waals surface area contributed by atoms with Gasteiger partial charge in [0, 0.05) is 24.3 Å². The molecule has 3 N–H and O–H groups in total. The van der Waals surface area contributed by atoms with Crippen LogP contribution in [0.4, 0.5) is 4.79 Å². The van der Waals surface area contributed by atoms with Gasteiger partial charge in [0.2, 0.25) is 0 Å². The summed E-state index contributed by atoms with van der Waals surface area (Å²) in [6.07, 6.45) is 0.211. The third-order valence-corrected chi connectivity index (χ3v) is 5.46. The molecule has 21 heavy (non-hydrogen) atoms. The smallest absolute Gasteiger partial charge is 0.326 e. The van der Waals surface area contributed by atoms with Gasteiger partial charge in [0.15, 0.2) is 9.84 Å². The summed E-state index contributed by atoms with van der Waals surface area (Å²) in [5.41, 5.74) is 0. The van der Waals surface area contributed by atoms with Crippen molar-refractivity contribution < 1.29 is 33.0 Å². The van der Waals surface area contributed by atoms with E-state index in [-0.39, 0.29) is 12.3 Å². The highest BCUT2D eigenvalue weighted by atomic mass is 32.2. The number of carbonyl (C=O) groups is 3. The van der Waals surface area contributed by atoms with Gasteiger partial charge in [-0.2, -0.15) is 11.8 Å². The Morgan fingerprint density at radius 3 is 2.48 bits per heavy atom. The summed E-state index contributed by atoms with van der Waals surface area (Å²) in [4.78, 5) is 34.5. The molecule has 1 aliphatic rings. The van der Waals surface area contributed by atoms with Gasteiger partial charge in [0.1, 0.15) is 11.4 Å². The summed E-state index contributed by atoms with van der Waals surface area (Å²) in [5.74, 6) is -2.15. The third kappa shape index (κ3) is 5.08. The van der Waals surface area contributed by atoms with E-state index in [2.05, 4.69) is 5.32 Å². The number of sulfone groups is 1. The lowest BCUT2D eigenvalue weighted by Crippen LogP contribution is -2.56. The minimum Gasteiger partial charge on any atom is -0.481 e. The zero-order valence-corrected chi connectivity index (χ0v) is 12.8. The summed E-state index contributed by atoms with van der Waals surface area (Å²) in [5, 5.41) is 18.5. The van der Waals surface area contributed by atoms with Crippen molar-refractivity contribution in [3.8, 4) is 0 Å². The van der Waals surface area contributed by atoms with Gasteiger partial charge in [-0.05, 0) is 0 Å². The van der Waals surface area contributed by atoms with Crippen molar-refractivity contribution in [2.75, 3.05) is 24.3 Å². The summed E-state index contributed by atoms with van der Waals surface area (Å²) >= 11 is 1.38. The number of carboxylic acid groups (broad SMARTS) is 2. The van der Waals surface area contributed by atoms with E-state index >= 15 is 0 Å². The summed E-state index contributed by atoms with van der Waals surface area (Å²) in [6.45, 7) is 0.146. The predicted octanol–water partition coefficient (Wildman–Crippen LogP) is -0.957. The second-order valence-electron chi connectivity index (χ2n) is 4.49. The summed E-state index contributed by atoms with van der Waals surface area (Å²) in [6, 6.07) is -2.50. The maximum absolute atomic E-state index is 12.0. The van der Waals surface area contributed by atoms with Gasteiger partial charge in [-0.3, -0.25) is 4.79 Å². The van der Waals surface area contributed by atoms with Crippen LogP contribution in [0.2, 0.25) is 0 Å². The van der Waals surface area contributed by atoms with Crippen LogP contribution in [0.5, 0.6) is 0 Å². The molecule has 11 heteroatoms. The maximum Gasteiger partial charge on any atom is 0.326 e. The molecule has 0 aromatic carbocycles. The van der Waals surface area contributed by atoms with E-state index in [4.69, 9.17) is 10.2 Å². The zero-order chi connectivity index (χ0) is 16.2. The number of urea groups is 1. The van der Waals surface area contributed by atoms with Crippen LogP contribution >= 0.6 is 11.8 Å². The quantitative estimate of drug-likeness (QED) is 0.581. The van der Waals surface area contributed by atoms with Crippen LogP contribution < -0.4 is 5.32 Å². The molecule has 1 aliphatic heterocycles. The van der Waals surface area contributed by atoms with Crippen LogP contribution in [0.1, 0.15) is 6.42 Å². The van der Waals surface area contributed by atoms with Gasteiger partial charge < -0.3 is 20.4 Å². The van der Waals surface area contributed by atoms with Crippen LogP contribution in [0, 0.1) is 0 Å². The molecule has 1 rings (SSSR count). The first-order valence-electron chi connectivity index (χ1n) is 5.91. The Balaban J connectivity index is 2.84. The largest absolute Gasteiger partial charge is 0.481 e. The normalized spacial score (nSPS) is 20.6. The summed E-state index contributed by atoms with van der Waals surface area (Å²) < 4.78 is 23.3. The molecule has 120 valence electrons. The average molecular weight is 340 g/mol. The molecule has 1 fully saturated rings. The van der Waals surface area contributed by atoms with E-state index in [1.165, 1.54) is 11.8 Å². The van der Waals surface area contributed by atoms with Gasteiger partial charge in [-0.25, -0.2) is 18.0 Å². The molecule has 0 bridgehead atoms. The molecular weight excluding hydrogens is 324 g/mol. The van der Waals surface area contributed by atoms with Crippen molar-refractivity contribution >= 4 is 39.6 Å². The SMILES string of the molecule is CS(=O)(=O)C1CSCCN1C(=O)N[C@H](CC(=O)O)C(=O)O. The molecule has 0 aromatic rings. The number of hydrogen-bond donors (Lipinski definition) is 3. The zero-order valence-electron chi connectivity index (χ0n) is 11.2.